The number of aliphatic hydroxyl groups excluding tert-OH is 1. The average molecular weight is 182 g/mol. The number of hydrogen-bond donors (Lipinski definition) is 2. The molecular formula is C9H10O4. The Kier molecular flexibility index (Phi) is 2.87. The molecule has 1 heterocycles. The van der Waals surface area contributed by atoms with Gasteiger partial charge < -0.3 is 14.6 Å². The van der Waals surface area contributed by atoms with Crippen LogP contribution in [0.2, 0.25) is 0 Å². The van der Waals surface area contributed by atoms with E-state index in [4.69, 9.17) is 14.6 Å². The number of carbonyl (C=O) groups is 1. The van der Waals surface area contributed by atoms with Gasteiger partial charge in [-0.1, -0.05) is 0 Å². The first-order valence-electron chi connectivity index (χ1n) is 3.74. The average Bonchev–Trinajstić information content (AvgIpc) is 2.52. The van der Waals surface area contributed by atoms with Crippen LogP contribution < -0.4 is 0 Å². The lowest BCUT2D eigenvalue weighted by Crippen LogP contribution is -1.94. The van der Waals surface area contributed by atoms with Gasteiger partial charge in [0.2, 0.25) is 0 Å². The second kappa shape index (κ2) is 3.91. The highest BCUT2D eigenvalue weighted by Crippen LogP contribution is 2.11. The Balaban J connectivity index is 2.84. The third-order valence-electron chi connectivity index (χ3n) is 1.53. The van der Waals surface area contributed by atoms with Crippen molar-refractivity contribution in [1.82, 2.24) is 0 Å². The minimum absolute atomic E-state index is 0.181. The fraction of sp³-hybridized carbons (Fsp3) is 0.222. The molecule has 0 saturated carbocycles. The van der Waals surface area contributed by atoms with E-state index < -0.39 is 5.97 Å². The summed E-state index contributed by atoms with van der Waals surface area (Å²) in [6.45, 7) is 1.30. The van der Waals surface area contributed by atoms with Gasteiger partial charge in [0.05, 0.1) is 0 Å². The summed E-state index contributed by atoms with van der Waals surface area (Å²) < 4.78 is 5.06. The number of aliphatic hydroxyl groups is 1. The second-order valence-corrected chi connectivity index (χ2v) is 2.59. The summed E-state index contributed by atoms with van der Waals surface area (Å²) in [4.78, 5) is 10.4. The van der Waals surface area contributed by atoms with Gasteiger partial charge in [0.25, 0.3) is 0 Å². The molecule has 0 unspecified atom stereocenters. The van der Waals surface area contributed by atoms with Crippen molar-refractivity contribution in [2.45, 2.75) is 13.5 Å². The van der Waals surface area contributed by atoms with Gasteiger partial charge in [0.15, 0.2) is 0 Å². The molecule has 4 nitrogen and oxygen atoms in total. The van der Waals surface area contributed by atoms with E-state index in [9.17, 15) is 4.79 Å². The summed E-state index contributed by atoms with van der Waals surface area (Å²) in [7, 11) is 0. The number of furan rings is 1. The van der Waals surface area contributed by atoms with Crippen molar-refractivity contribution in [3.63, 3.8) is 0 Å². The maximum Gasteiger partial charge on any atom is 0.331 e. The third-order valence-corrected chi connectivity index (χ3v) is 1.53. The summed E-state index contributed by atoms with van der Waals surface area (Å²) in [5, 5.41) is 17.2. The van der Waals surface area contributed by atoms with Crippen LogP contribution in [0.3, 0.4) is 0 Å². The Morgan fingerprint density at radius 2 is 2.31 bits per heavy atom. The normalized spacial score (nSPS) is 11.7. The van der Waals surface area contributed by atoms with Crippen LogP contribution in [-0.4, -0.2) is 16.2 Å². The Labute approximate surface area is 75.1 Å². The van der Waals surface area contributed by atoms with Gasteiger partial charge in [0, 0.05) is 5.57 Å². The molecule has 0 radical (unpaired) electrons. The van der Waals surface area contributed by atoms with Crippen LogP contribution in [-0.2, 0) is 11.4 Å². The predicted molar refractivity (Wildman–Crippen MR) is 45.9 cm³/mol. The van der Waals surface area contributed by atoms with E-state index in [1.54, 1.807) is 12.1 Å². The van der Waals surface area contributed by atoms with Crippen molar-refractivity contribution in [3.8, 4) is 0 Å². The highest BCUT2D eigenvalue weighted by Gasteiger charge is 2.02. The van der Waals surface area contributed by atoms with Crippen LogP contribution in [0.5, 0.6) is 0 Å². The molecule has 0 atom stereocenters. The molecular weight excluding hydrogens is 172 g/mol. The maximum atomic E-state index is 10.4. The molecule has 0 bridgehead atoms. The van der Waals surface area contributed by atoms with Crippen molar-refractivity contribution in [2.75, 3.05) is 0 Å². The van der Waals surface area contributed by atoms with E-state index >= 15 is 0 Å². The van der Waals surface area contributed by atoms with Crippen molar-refractivity contribution >= 4 is 12.0 Å². The molecule has 1 aromatic heterocycles. The Bertz CT molecular complexity index is 335. The first kappa shape index (κ1) is 9.54. The summed E-state index contributed by atoms with van der Waals surface area (Å²) in [6.07, 6.45) is 1.40. The minimum Gasteiger partial charge on any atom is -0.478 e. The lowest BCUT2D eigenvalue weighted by molar-refractivity contribution is -0.132. The van der Waals surface area contributed by atoms with E-state index in [1.807, 2.05) is 0 Å². The molecule has 1 rings (SSSR count). The number of hydrogen-bond acceptors (Lipinski definition) is 3. The van der Waals surface area contributed by atoms with E-state index in [1.165, 1.54) is 13.0 Å². The Morgan fingerprint density at radius 3 is 2.77 bits per heavy atom. The van der Waals surface area contributed by atoms with Gasteiger partial charge in [-0.15, -0.1) is 0 Å². The molecule has 0 fully saturated rings. The van der Waals surface area contributed by atoms with Gasteiger partial charge in [-0.3, -0.25) is 0 Å². The van der Waals surface area contributed by atoms with Crippen molar-refractivity contribution in [2.24, 2.45) is 0 Å². The van der Waals surface area contributed by atoms with Crippen LogP contribution in [0.1, 0.15) is 18.4 Å². The largest absolute Gasteiger partial charge is 0.478 e. The fourth-order valence-corrected chi connectivity index (χ4v) is 0.832. The quantitative estimate of drug-likeness (QED) is 0.690. The van der Waals surface area contributed by atoms with Gasteiger partial charge in [-0.05, 0) is 25.1 Å². The zero-order chi connectivity index (χ0) is 9.84. The van der Waals surface area contributed by atoms with E-state index in [0.717, 1.165) is 0 Å². The van der Waals surface area contributed by atoms with E-state index in [2.05, 4.69) is 0 Å². The molecule has 4 heteroatoms. The minimum atomic E-state index is -0.984. The first-order valence-corrected chi connectivity index (χ1v) is 3.74. The van der Waals surface area contributed by atoms with Gasteiger partial charge in [0.1, 0.15) is 18.1 Å². The van der Waals surface area contributed by atoms with Crippen LogP contribution >= 0.6 is 0 Å². The lowest BCUT2D eigenvalue weighted by Gasteiger charge is -1.90. The van der Waals surface area contributed by atoms with Crippen molar-refractivity contribution in [1.29, 1.82) is 0 Å². The zero-order valence-corrected chi connectivity index (χ0v) is 7.15. The highest BCUT2D eigenvalue weighted by atomic mass is 16.4. The fourth-order valence-electron chi connectivity index (χ4n) is 0.832. The molecule has 0 amide bonds. The third kappa shape index (κ3) is 2.45. The molecule has 13 heavy (non-hydrogen) atoms. The molecule has 70 valence electrons. The van der Waals surface area contributed by atoms with E-state index in [0.29, 0.717) is 11.5 Å². The second-order valence-electron chi connectivity index (χ2n) is 2.59. The zero-order valence-electron chi connectivity index (χ0n) is 7.15. The van der Waals surface area contributed by atoms with E-state index in [-0.39, 0.29) is 12.2 Å². The predicted octanol–water partition coefficient (Wildman–Crippen LogP) is 1.26. The standard InChI is InChI=1S/C9H10O4/c1-6(9(11)12)4-7-2-3-8(5-10)13-7/h2-4,10H,5H2,1H3,(H,11,12)/b6-4+. The molecule has 0 aliphatic heterocycles. The Morgan fingerprint density at radius 1 is 1.62 bits per heavy atom. The topological polar surface area (TPSA) is 70.7 Å². The number of carboxylic acids is 1. The van der Waals surface area contributed by atoms with Gasteiger partial charge in [-0.25, -0.2) is 4.79 Å². The molecule has 0 aliphatic carbocycles. The smallest absolute Gasteiger partial charge is 0.331 e. The first-order chi connectivity index (χ1) is 6.13. The van der Waals surface area contributed by atoms with Crippen molar-refractivity contribution < 1.29 is 19.4 Å². The molecule has 1 aromatic rings. The molecule has 0 spiro atoms. The number of aliphatic carboxylic acids is 1. The summed E-state index contributed by atoms with van der Waals surface area (Å²) in [5.74, 6) is -0.129. The number of carboxylic acid groups (broad SMARTS) is 1. The highest BCUT2D eigenvalue weighted by molar-refractivity contribution is 5.90. The summed E-state index contributed by atoms with van der Waals surface area (Å²) >= 11 is 0. The number of rotatable bonds is 3. The summed E-state index contributed by atoms with van der Waals surface area (Å²) in [5.41, 5.74) is 0.193. The molecule has 0 aliphatic rings. The van der Waals surface area contributed by atoms with Crippen LogP contribution in [0, 0.1) is 0 Å². The lowest BCUT2D eigenvalue weighted by atomic mass is 10.2. The van der Waals surface area contributed by atoms with Crippen LogP contribution in [0.15, 0.2) is 22.1 Å². The maximum absolute atomic E-state index is 10.4. The van der Waals surface area contributed by atoms with Crippen LogP contribution in [0.25, 0.3) is 6.08 Å². The molecule has 0 saturated heterocycles. The monoisotopic (exact) mass is 182 g/mol. The van der Waals surface area contributed by atoms with Gasteiger partial charge in [-0.2, -0.15) is 0 Å². The SMILES string of the molecule is C/C(=C\c1ccc(CO)o1)C(=O)O. The summed E-state index contributed by atoms with van der Waals surface area (Å²) in [6, 6.07) is 3.21. The van der Waals surface area contributed by atoms with Crippen LogP contribution in [0.4, 0.5) is 0 Å². The van der Waals surface area contributed by atoms with Crippen molar-refractivity contribution in [3.05, 3.63) is 29.2 Å². The molecule has 0 aromatic carbocycles. The van der Waals surface area contributed by atoms with Gasteiger partial charge >= 0.3 is 5.97 Å². The molecule has 2 N–H and O–H groups in total. The Hall–Kier alpha value is -1.55.